The third-order valence-corrected chi connectivity index (χ3v) is 0.907. The van der Waals surface area contributed by atoms with E-state index in [4.69, 9.17) is 0 Å². The fourth-order valence-corrected chi connectivity index (χ4v) is 0.362. The van der Waals surface area contributed by atoms with Gasteiger partial charge in [0.05, 0.1) is 13.0 Å². The summed E-state index contributed by atoms with van der Waals surface area (Å²) in [7, 11) is 1.55. The molecule has 0 aliphatic rings. The second kappa shape index (κ2) is 4.93. The van der Waals surface area contributed by atoms with Crippen molar-refractivity contribution in [2.24, 2.45) is 0 Å². The zero-order valence-corrected chi connectivity index (χ0v) is 5.57. The Balaban J connectivity index is 2.99. The molecule has 0 aromatic carbocycles. The molecule has 1 amide bonds. The summed E-state index contributed by atoms with van der Waals surface area (Å²) in [5.41, 5.74) is 0. The Morgan fingerprint density at radius 3 is 2.88 bits per heavy atom. The maximum atomic E-state index is 10.3. The summed E-state index contributed by atoms with van der Waals surface area (Å²) in [5.74, 6) is -0.116. The van der Waals surface area contributed by atoms with Gasteiger partial charge in [-0.2, -0.15) is 0 Å². The molecule has 0 aliphatic carbocycles. The molecule has 4 heteroatoms. The number of hydrogen-bond donors (Lipinski definition) is 2. The summed E-state index contributed by atoms with van der Waals surface area (Å²) in [6.45, 7) is 0.451. The molecule has 1 N–H and O–H groups in total. The van der Waals surface area contributed by atoms with Gasteiger partial charge in [0.2, 0.25) is 5.91 Å². The van der Waals surface area contributed by atoms with Crippen LogP contribution in [0.2, 0.25) is 0 Å². The highest BCUT2D eigenvalue weighted by Crippen LogP contribution is 1.79. The number of carbonyl (C=O) groups is 1. The van der Waals surface area contributed by atoms with Gasteiger partial charge >= 0.3 is 0 Å². The van der Waals surface area contributed by atoms with Gasteiger partial charge in [-0.15, -0.1) is 0 Å². The van der Waals surface area contributed by atoms with Crippen molar-refractivity contribution < 1.29 is 9.53 Å². The molecule has 0 saturated heterocycles. The van der Waals surface area contributed by atoms with Gasteiger partial charge in [-0.3, -0.25) is 4.79 Å². The standard InChI is InChI=1S/C4H9NO2S/c1-7-3-2-4(6)5-8/h8H,2-3H2,1H3,(H,5,6). The SMILES string of the molecule is COCCC(=O)NS. The van der Waals surface area contributed by atoms with E-state index in [1.807, 2.05) is 0 Å². The Labute approximate surface area is 53.9 Å². The first-order valence-electron chi connectivity index (χ1n) is 2.23. The van der Waals surface area contributed by atoms with E-state index in [-0.39, 0.29) is 5.91 Å². The molecular weight excluding hydrogens is 126 g/mol. The van der Waals surface area contributed by atoms with Crippen LogP contribution in [0.1, 0.15) is 6.42 Å². The van der Waals surface area contributed by atoms with Gasteiger partial charge < -0.3 is 9.46 Å². The number of thiol groups is 1. The molecule has 0 unspecified atom stereocenters. The maximum absolute atomic E-state index is 10.3. The minimum absolute atomic E-state index is 0.116. The highest BCUT2D eigenvalue weighted by atomic mass is 32.1. The molecule has 0 aliphatic heterocycles. The first-order valence-corrected chi connectivity index (χ1v) is 2.68. The number of carbonyl (C=O) groups excluding carboxylic acids is 1. The topological polar surface area (TPSA) is 38.3 Å². The summed E-state index contributed by atoms with van der Waals surface area (Å²) in [6.07, 6.45) is 0.375. The fourth-order valence-electron chi connectivity index (χ4n) is 0.251. The summed E-state index contributed by atoms with van der Waals surface area (Å²) < 4.78 is 6.79. The van der Waals surface area contributed by atoms with Gasteiger partial charge in [-0.25, -0.2) is 0 Å². The molecule has 0 aromatic rings. The van der Waals surface area contributed by atoms with Crippen molar-refractivity contribution in [1.82, 2.24) is 4.72 Å². The summed E-state index contributed by atoms with van der Waals surface area (Å²) in [6, 6.07) is 0. The van der Waals surface area contributed by atoms with Crippen LogP contribution in [0.15, 0.2) is 0 Å². The van der Waals surface area contributed by atoms with Crippen LogP contribution in [-0.4, -0.2) is 19.6 Å². The second-order valence-electron chi connectivity index (χ2n) is 1.28. The largest absolute Gasteiger partial charge is 0.384 e. The van der Waals surface area contributed by atoms with Crippen LogP contribution in [0.25, 0.3) is 0 Å². The number of hydrogen-bond acceptors (Lipinski definition) is 3. The molecule has 8 heavy (non-hydrogen) atoms. The summed E-state index contributed by atoms with van der Waals surface area (Å²) in [4.78, 5) is 10.3. The van der Waals surface area contributed by atoms with Crippen LogP contribution in [0, 0.1) is 0 Å². The van der Waals surface area contributed by atoms with Crippen molar-refractivity contribution >= 4 is 18.7 Å². The highest BCUT2D eigenvalue weighted by Gasteiger charge is 1.93. The lowest BCUT2D eigenvalue weighted by Crippen LogP contribution is -2.13. The number of ether oxygens (including phenoxy) is 1. The van der Waals surface area contributed by atoms with Gasteiger partial charge in [-0.05, 0) is 0 Å². The van der Waals surface area contributed by atoms with Gasteiger partial charge in [0.1, 0.15) is 0 Å². The van der Waals surface area contributed by atoms with Crippen molar-refractivity contribution in [3.8, 4) is 0 Å². The second-order valence-corrected chi connectivity index (χ2v) is 1.50. The van der Waals surface area contributed by atoms with Crippen LogP contribution >= 0.6 is 12.8 Å². The van der Waals surface area contributed by atoms with E-state index in [0.29, 0.717) is 13.0 Å². The van der Waals surface area contributed by atoms with Crippen LogP contribution in [0.4, 0.5) is 0 Å². The number of nitrogens with one attached hydrogen (secondary N) is 1. The Hall–Kier alpha value is -0.220. The van der Waals surface area contributed by atoms with E-state index in [2.05, 4.69) is 22.3 Å². The Morgan fingerprint density at radius 2 is 2.50 bits per heavy atom. The first-order chi connectivity index (χ1) is 3.81. The minimum Gasteiger partial charge on any atom is -0.384 e. The lowest BCUT2D eigenvalue weighted by atomic mass is 10.4. The maximum Gasteiger partial charge on any atom is 0.231 e. The predicted molar refractivity (Wildman–Crippen MR) is 33.6 cm³/mol. The normalized spacial score (nSPS) is 8.75. The van der Waals surface area contributed by atoms with E-state index in [1.54, 1.807) is 7.11 Å². The monoisotopic (exact) mass is 135 g/mol. The molecular formula is C4H9NO2S. The Kier molecular flexibility index (Phi) is 4.79. The predicted octanol–water partition coefficient (Wildman–Crippen LogP) is -0.0161. The third kappa shape index (κ3) is 3.95. The van der Waals surface area contributed by atoms with Crippen LogP contribution in [0.3, 0.4) is 0 Å². The number of amides is 1. The molecule has 0 aromatic heterocycles. The van der Waals surface area contributed by atoms with E-state index < -0.39 is 0 Å². The molecule has 0 atom stereocenters. The van der Waals surface area contributed by atoms with Crippen molar-refractivity contribution in [2.45, 2.75) is 6.42 Å². The van der Waals surface area contributed by atoms with Crippen LogP contribution in [-0.2, 0) is 9.53 Å². The molecule has 48 valence electrons. The lowest BCUT2D eigenvalue weighted by molar-refractivity contribution is -0.120. The lowest BCUT2D eigenvalue weighted by Gasteiger charge is -1.94. The van der Waals surface area contributed by atoms with Gasteiger partial charge in [0.15, 0.2) is 0 Å². The first kappa shape index (κ1) is 7.78. The van der Waals surface area contributed by atoms with Crippen molar-refractivity contribution in [1.29, 1.82) is 0 Å². The van der Waals surface area contributed by atoms with Crippen molar-refractivity contribution in [3.05, 3.63) is 0 Å². The molecule has 0 spiro atoms. The van der Waals surface area contributed by atoms with Crippen molar-refractivity contribution in [2.75, 3.05) is 13.7 Å². The van der Waals surface area contributed by atoms with E-state index >= 15 is 0 Å². The molecule has 0 bridgehead atoms. The molecule has 0 rings (SSSR count). The average molecular weight is 135 g/mol. The number of rotatable bonds is 3. The van der Waals surface area contributed by atoms with Gasteiger partial charge in [-0.1, -0.05) is 12.8 Å². The summed E-state index contributed by atoms with van der Waals surface area (Å²) >= 11 is 3.53. The summed E-state index contributed by atoms with van der Waals surface area (Å²) in [5, 5.41) is 0. The van der Waals surface area contributed by atoms with Gasteiger partial charge in [0, 0.05) is 7.11 Å². The van der Waals surface area contributed by atoms with Crippen LogP contribution in [0.5, 0.6) is 0 Å². The Morgan fingerprint density at radius 1 is 1.88 bits per heavy atom. The van der Waals surface area contributed by atoms with Gasteiger partial charge in [0.25, 0.3) is 0 Å². The Bertz CT molecular complexity index is 76.4. The molecule has 0 saturated carbocycles. The van der Waals surface area contributed by atoms with Crippen LogP contribution < -0.4 is 4.72 Å². The zero-order chi connectivity index (χ0) is 6.41. The minimum atomic E-state index is -0.116. The quantitative estimate of drug-likeness (QED) is 0.534. The van der Waals surface area contributed by atoms with Crippen molar-refractivity contribution in [3.63, 3.8) is 0 Å². The smallest absolute Gasteiger partial charge is 0.231 e. The highest BCUT2D eigenvalue weighted by molar-refractivity contribution is 7.78. The zero-order valence-electron chi connectivity index (χ0n) is 4.68. The van der Waals surface area contributed by atoms with E-state index in [1.165, 1.54) is 0 Å². The number of methoxy groups -OCH3 is 1. The van der Waals surface area contributed by atoms with E-state index in [9.17, 15) is 4.79 Å². The average Bonchev–Trinajstić information content (AvgIpc) is 1.83. The third-order valence-electron chi connectivity index (χ3n) is 0.658. The molecule has 0 radical (unpaired) electrons. The van der Waals surface area contributed by atoms with E-state index in [0.717, 1.165) is 0 Å². The molecule has 0 heterocycles. The molecule has 3 nitrogen and oxygen atoms in total. The fraction of sp³-hybridized carbons (Fsp3) is 0.750. The molecule has 0 fully saturated rings.